The maximum Gasteiger partial charge on any atom is 0.215 e. The molecule has 0 saturated heterocycles. The number of halogens is 4. The van der Waals surface area contributed by atoms with Gasteiger partial charge in [-0.15, -0.1) is 30.6 Å². The van der Waals surface area contributed by atoms with Gasteiger partial charge in [-0.3, -0.25) is 19.9 Å². The highest BCUT2D eigenvalue weighted by atomic mass is 79.9. The molecule has 0 aliphatic heterocycles. The smallest absolute Gasteiger partial charge is 0.215 e. The van der Waals surface area contributed by atoms with Gasteiger partial charge in [0, 0.05) is 64.4 Å². The number of rotatable bonds is 12. The van der Waals surface area contributed by atoms with Gasteiger partial charge >= 0.3 is 0 Å². The Morgan fingerprint density at radius 3 is 1.69 bits per heavy atom. The van der Waals surface area contributed by atoms with Gasteiger partial charge in [-0.2, -0.15) is 0 Å². The van der Waals surface area contributed by atoms with E-state index in [0.29, 0.717) is 34.8 Å². The Labute approximate surface area is 460 Å². The van der Waals surface area contributed by atoms with E-state index in [1.807, 2.05) is 53.4 Å². The Morgan fingerprint density at radius 1 is 0.625 bits per heavy atom. The molecule has 3 N–H and O–H groups in total. The van der Waals surface area contributed by atoms with Gasteiger partial charge in [-0.25, -0.2) is 15.0 Å². The molecule has 0 unspecified atom stereocenters. The van der Waals surface area contributed by atoms with Crippen molar-refractivity contribution in [2.75, 3.05) is 29.3 Å². The van der Waals surface area contributed by atoms with Crippen molar-refractivity contribution in [3.8, 4) is 0 Å². The summed E-state index contributed by atoms with van der Waals surface area (Å²) < 4.78 is 8.80. The summed E-state index contributed by atoms with van der Waals surface area (Å²) in [6.07, 6.45) is 16.7. The molecule has 72 heavy (non-hydrogen) atoms. The number of hydrogen-bond donors (Lipinski definition) is 2. The molecule has 3 aliphatic rings. The molecular weight excluding hydrogens is 1200 g/mol. The van der Waals surface area contributed by atoms with Crippen LogP contribution in [0.4, 0.5) is 27.0 Å². The topological polar surface area (TPSA) is 205 Å². The van der Waals surface area contributed by atoms with Crippen LogP contribution >= 0.6 is 93.4 Å². The summed E-state index contributed by atoms with van der Waals surface area (Å²) in [6, 6.07) is 18.4. The fourth-order valence-corrected chi connectivity index (χ4v) is 11.9. The number of hydrogen-bond acceptors (Lipinski definition) is 19. The van der Waals surface area contributed by atoms with Crippen LogP contribution in [-0.4, -0.2) is 81.9 Å². The third kappa shape index (κ3) is 14.3. The van der Waals surface area contributed by atoms with Crippen LogP contribution in [0.1, 0.15) is 90.6 Å². The first kappa shape index (κ1) is 52.5. The van der Waals surface area contributed by atoms with Crippen LogP contribution in [0.2, 0.25) is 30.8 Å². The van der Waals surface area contributed by atoms with Gasteiger partial charge in [0.1, 0.15) is 38.5 Å². The van der Waals surface area contributed by atoms with Crippen LogP contribution in [0.25, 0.3) is 33.1 Å². The molecule has 0 spiro atoms. The van der Waals surface area contributed by atoms with E-state index in [1.165, 1.54) is 69.1 Å². The third-order valence-corrected chi connectivity index (χ3v) is 18.4. The van der Waals surface area contributed by atoms with E-state index in [0.717, 1.165) is 96.1 Å². The van der Waals surface area contributed by atoms with Gasteiger partial charge in [-0.1, -0.05) is 84.5 Å². The van der Waals surface area contributed by atoms with Gasteiger partial charge in [0.15, 0.2) is 0 Å². The Kier molecular flexibility index (Phi) is 17.8. The first-order valence-corrected chi connectivity index (χ1v) is 32.5. The largest absolute Gasteiger partial charge is 0.374 e. The number of nitrogens with one attached hydrogen (secondary N) is 1. The van der Waals surface area contributed by atoms with Crippen LogP contribution in [0.3, 0.4) is 0 Å². The van der Waals surface area contributed by atoms with E-state index in [-0.39, 0.29) is 0 Å². The van der Waals surface area contributed by atoms with Crippen molar-refractivity contribution in [2.24, 2.45) is 0 Å². The number of nitrogen functional groups attached to an aromatic ring is 1. The highest BCUT2D eigenvalue weighted by Crippen LogP contribution is 2.41. The summed E-state index contributed by atoms with van der Waals surface area (Å²) in [5.41, 5.74) is 10.5. The van der Waals surface area contributed by atoms with E-state index in [9.17, 15) is 0 Å². The van der Waals surface area contributed by atoms with Crippen molar-refractivity contribution in [2.45, 2.75) is 101 Å². The number of nitrogens with two attached hydrogens (primary N) is 1. The summed E-state index contributed by atoms with van der Waals surface area (Å²) in [5, 5.41) is 34.5. The van der Waals surface area contributed by atoms with E-state index in [4.69, 9.17) is 27.1 Å². The van der Waals surface area contributed by atoms with Gasteiger partial charge in [-0.05, 0) is 147 Å². The zero-order valence-electron chi connectivity index (χ0n) is 39.7. The minimum Gasteiger partial charge on any atom is -0.374 e. The minimum absolute atomic E-state index is 0.420. The van der Waals surface area contributed by atoms with Crippen molar-refractivity contribution < 1.29 is 4.74 Å². The van der Waals surface area contributed by atoms with Crippen molar-refractivity contribution in [1.29, 1.82) is 0 Å². The highest BCUT2D eigenvalue weighted by molar-refractivity contribution is 9.11. The second-order valence-corrected chi connectivity index (χ2v) is 30.5. The van der Waals surface area contributed by atoms with Crippen molar-refractivity contribution >= 4 is 162 Å². The number of fused-ring (bicyclic) bond motifs is 3. The second-order valence-electron chi connectivity index (χ2n) is 18.7. The number of aromatic nitrogens is 12. The quantitative estimate of drug-likeness (QED) is 0.0505. The molecule has 9 aromatic heterocycles. The van der Waals surface area contributed by atoms with Gasteiger partial charge in [0.25, 0.3) is 0 Å². The summed E-state index contributed by atoms with van der Waals surface area (Å²) >= 11 is 20.7. The second kappa shape index (κ2) is 24.3. The van der Waals surface area contributed by atoms with Crippen molar-refractivity contribution in [3.63, 3.8) is 0 Å². The van der Waals surface area contributed by atoms with E-state index in [2.05, 4.69) is 128 Å². The fraction of sp³-hybridized carbons (Fsp3) is 0.375. The summed E-state index contributed by atoms with van der Waals surface area (Å²) in [7, 11) is -1.14. The third-order valence-electron chi connectivity index (χ3n) is 12.1. The van der Waals surface area contributed by atoms with Gasteiger partial charge in [0.2, 0.25) is 15.4 Å². The summed E-state index contributed by atoms with van der Waals surface area (Å²) in [5.74, 6) is 3.43. The molecule has 0 bridgehead atoms. The maximum absolute atomic E-state index is 6.06. The standard InChI is InChI=1S/C20H26BrN5OSSi.C14H12BrN5S.C8H4BrClN2.C6H9N3S/c1-29(2,3)10-9-27-13-26(20-25-24-19(28-20)14-5-4-6-14)18-8-7-16-17(23-18)11-15(21)12-22-16;15-9-6-11-10(16-7-9)4-5-12(17-11)18-14-20-19-13(21-14)8-2-1-3-8;9-5-3-7-6(11-4-5)1-2-8(10)12-7;7-6-9-8-5(10-6)4-2-1-3-4/h7-8,11-12,14H,4-6,9-10,13H2,1-3H3;4-8H,1-3H2,(H,17,18,20);1-4H;4H,1-3H2,(H2,7,9). The molecule has 9 heterocycles. The zero-order valence-corrected chi connectivity index (χ0v) is 48.6. The molecular formula is C48H51Br3ClN15OS3Si. The lowest BCUT2D eigenvalue weighted by molar-refractivity contribution is 0.153. The normalized spacial score (nSPS) is 14.8. The van der Waals surface area contributed by atoms with Gasteiger partial charge in [0.05, 0.1) is 33.1 Å². The van der Waals surface area contributed by atoms with E-state index < -0.39 is 8.07 Å². The van der Waals surface area contributed by atoms with Crippen LogP contribution < -0.4 is 16.0 Å². The summed E-state index contributed by atoms with van der Waals surface area (Å²) in [6.45, 7) is 8.25. The first-order valence-electron chi connectivity index (χ1n) is 23.6. The lowest BCUT2D eigenvalue weighted by Gasteiger charge is -2.23. The number of ether oxygens (including phenoxy) is 1. The molecule has 0 atom stereocenters. The fourth-order valence-electron chi connectivity index (χ4n) is 7.32. The van der Waals surface area contributed by atoms with Gasteiger partial charge < -0.3 is 15.8 Å². The average molecular weight is 1250 g/mol. The predicted molar refractivity (Wildman–Crippen MR) is 305 cm³/mol. The molecule has 0 radical (unpaired) electrons. The maximum atomic E-state index is 6.06. The molecule has 374 valence electrons. The molecule has 12 rings (SSSR count). The Bertz CT molecular complexity index is 3220. The summed E-state index contributed by atoms with van der Waals surface area (Å²) in [4.78, 5) is 28.4. The van der Waals surface area contributed by atoms with Crippen molar-refractivity contribution in [3.05, 3.63) is 107 Å². The number of anilines is 5. The van der Waals surface area contributed by atoms with Crippen LogP contribution in [0, 0.1) is 0 Å². The number of nitrogens with zero attached hydrogens (tertiary/aromatic N) is 13. The lowest BCUT2D eigenvalue weighted by Crippen LogP contribution is -2.26. The Balaban J connectivity index is 0.000000129. The van der Waals surface area contributed by atoms with Crippen LogP contribution in [0.15, 0.2) is 86.6 Å². The van der Waals surface area contributed by atoms with Crippen LogP contribution in [0.5, 0.6) is 0 Å². The number of pyridine rings is 6. The van der Waals surface area contributed by atoms with E-state index >= 15 is 0 Å². The molecule has 0 aromatic carbocycles. The first-order chi connectivity index (χ1) is 34.8. The monoisotopic (exact) mass is 1250 g/mol. The molecule has 16 nitrogen and oxygen atoms in total. The molecule has 3 aliphatic carbocycles. The molecule has 9 aromatic rings. The molecule has 24 heteroatoms. The zero-order chi connectivity index (χ0) is 50.2. The lowest BCUT2D eigenvalue weighted by atomic mass is 9.86. The minimum atomic E-state index is -1.14. The predicted octanol–water partition coefficient (Wildman–Crippen LogP) is 14.7. The Morgan fingerprint density at radius 2 is 1.14 bits per heavy atom. The SMILES string of the molecule is Brc1cnc2ccc(Nc3nnc(C4CCC4)s3)nc2c1.C[Si](C)(C)CCOCN(c1ccc2ncc(Br)cc2n1)c1nnc(C2CCC2)s1.Clc1ccc2ncc(Br)cc2n1.Nc1nnc(C2CCC2)s1. The molecule has 3 fully saturated rings. The van der Waals surface area contributed by atoms with Crippen molar-refractivity contribution in [1.82, 2.24) is 60.5 Å². The Hall–Kier alpha value is -4.33. The molecule has 0 amide bonds. The van der Waals surface area contributed by atoms with E-state index in [1.54, 1.807) is 47.3 Å². The molecule has 3 saturated carbocycles. The van der Waals surface area contributed by atoms with Crippen LogP contribution in [-0.2, 0) is 4.74 Å². The average Bonchev–Trinajstić information content (AvgIpc) is 4.07. The highest BCUT2D eigenvalue weighted by Gasteiger charge is 2.27.